The predicted molar refractivity (Wildman–Crippen MR) is 88.0 cm³/mol. The third kappa shape index (κ3) is 5.04. The minimum Gasteiger partial charge on any atom is -0.345 e. The number of aromatic nitrogens is 2. The lowest BCUT2D eigenvalue weighted by molar-refractivity contribution is 0.0782. The van der Waals surface area contributed by atoms with Crippen LogP contribution in [0.25, 0.3) is 0 Å². The number of H-pyrrole nitrogens is 1. The highest BCUT2D eigenvalue weighted by molar-refractivity contribution is 5.94. The maximum Gasteiger partial charge on any atom is 0.253 e. The van der Waals surface area contributed by atoms with Gasteiger partial charge in [0.25, 0.3) is 5.91 Å². The van der Waals surface area contributed by atoms with Crippen molar-refractivity contribution >= 4 is 30.7 Å². The number of amides is 1. The number of hydrogen-bond acceptors (Lipinski definition) is 3. The van der Waals surface area contributed by atoms with Crippen LogP contribution in [0.15, 0.2) is 30.5 Å². The molecule has 3 N–H and O–H groups in total. The molecule has 2 rings (SSSR count). The summed E-state index contributed by atoms with van der Waals surface area (Å²) in [5.41, 5.74) is 8.19. The number of aromatic amines is 1. The first-order chi connectivity index (χ1) is 9.10. The summed E-state index contributed by atoms with van der Waals surface area (Å²) in [5.74, 6) is 0.754. The molecular weight excluding hydrogens is 311 g/mol. The summed E-state index contributed by atoms with van der Waals surface area (Å²) in [6, 6.07) is 7.35. The zero-order valence-electron chi connectivity index (χ0n) is 12.0. The van der Waals surface area contributed by atoms with E-state index in [-0.39, 0.29) is 30.7 Å². The number of rotatable bonds is 4. The summed E-state index contributed by atoms with van der Waals surface area (Å²) < 4.78 is 0. The van der Waals surface area contributed by atoms with Gasteiger partial charge in [0.05, 0.1) is 6.54 Å². The molecule has 5 nitrogen and oxygen atoms in total. The van der Waals surface area contributed by atoms with Crippen LogP contribution in [0.3, 0.4) is 0 Å². The normalized spacial score (nSPS) is 9.48. The van der Waals surface area contributed by atoms with Crippen molar-refractivity contribution in [3.05, 3.63) is 53.1 Å². The molecule has 0 radical (unpaired) electrons. The average molecular weight is 331 g/mol. The Labute approximate surface area is 136 Å². The Morgan fingerprint density at radius 2 is 1.90 bits per heavy atom. The van der Waals surface area contributed by atoms with E-state index in [1.54, 1.807) is 30.3 Å². The van der Waals surface area contributed by atoms with Gasteiger partial charge in [0, 0.05) is 31.0 Å². The van der Waals surface area contributed by atoms with Gasteiger partial charge in [-0.25, -0.2) is 4.98 Å². The van der Waals surface area contributed by atoms with Gasteiger partial charge in [-0.1, -0.05) is 12.1 Å². The Hall–Kier alpha value is -1.56. The summed E-state index contributed by atoms with van der Waals surface area (Å²) in [7, 11) is 1.76. The van der Waals surface area contributed by atoms with Gasteiger partial charge in [-0.2, -0.15) is 0 Å². The summed E-state index contributed by atoms with van der Waals surface area (Å²) in [5, 5.41) is 0. The third-order valence-electron chi connectivity index (χ3n) is 2.93. The van der Waals surface area contributed by atoms with Crippen LogP contribution < -0.4 is 5.73 Å². The second kappa shape index (κ2) is 8.67. The molecule has 0 bridgehead atoms. The van der Waals surface area contributed by atoms with Crippen molar-refractivity contribution in [1.29, 1.82) is 0 Å². The molecule has 0 saturated carbocycles. The Kier molecular flexibility index (Phi) is 8.02. The molecule has 0 aliphatic carbocycles. The van der Waals surface area contributed by atoms with Crippen LogP contribution in [-0.2, 0) is 13.1 Å². The molecular formula is C14H20Cl2N4O. The minimum atomic E-state index is -0.0300. The van der Waals surface area contributed by atoms with Gasteiger partial charge in [-0.15, -0.1) is 24.8 Å². The maximum absolute atomic E-state index is 12.2. The first-order valence-electron chi connectivity index (χ1n) is 6.15. The molecule has 21 heavy (non-hydrogen) atoms. The molecule has 0 saturated heterocycles. The number of nitrogens with two attached hydrogens (primary N) is 1. The van der Waals surface area contributed by atoms with E-state index >= 15 is 0 Å². The molecule has 0 fully saturated rings. The van der Waals surface area contributed by atoms with Crippen LogP contribution in [0.2, 0.25) is 0 Å². The maximum atomic E-state index is 12.2. The summed E-state index contributed by atoms with van der Waals surface area (Å²) >= 11 is 0. The van der Waals surface area contributed by atoms with E-state index < -0.39 is 0 Å². The standard InChI is InChI=1S/C14H18N4O.2ClH/c1-10-8-16-13(17-10)9-18(2)14(19)12-5-3-11(7-15)4-6-12;;/h3-6,8H,7,9,15H2,1-2H3,(H,16,17);2*1H. The molecule has 0 aliphatic heterocycles. The number of aryl methyl sites for hydroxylation is 1. The number of imidazole rings is 1. The average Bonchev–Trinajstić information content (AvgIpc) is 2.83. The molecule has 0 spiro atoms. The molecule has 7 heteroatoms. The van der Waals surface area contributed by atoms with Crippen molar-refractivity contribution in [2.24, 2.45) is 5.73 Å². The fourth-order valence-corrected chi connectivity index (χ4v) is 1.85. The van der Waals surface area contributed by atoms with Crippen LogP contribution in [0.5, 0.6) is 0 Å². The SMILES string of the molecule is Cc1cnc(CN(C)C(=O)c2ccc(CN)cc2)[nH]1.Cl.Cl. The summed E-state index contributed by atoms with van der Waals surface area (Å²) in [6.45, 7) is 2.88. The predicted octanol–water partition coefficient (Wildman–Crippen LogP) is 2.29. The first kappa shape index (κ1) is 19.4. The molecule has 1 amide bonds. The molecule has 0 aliphatic rings. The van der Waals surface area contributed by atoms with Crippen molar-refractivity contribution in [2.75, 3.05) is 7.05 Å². The minimum absolute atomic E-state index is 0. The van der Waals surface area contributed by atoms with Crippen molar-refractivity contribution in [2.45, 2.75) is 20.0 Å². The van der Waals surface area contributed by atoms with Crippen molar-refractivity contribution in [3.63, 3.8) is 0 Å². The third-order valence-corrected chi connectivity index (χ3v) is 2.93. The quantitative estimate of drug-likeness (QED) is 0.903. The lowest BCUT2D eigenvalue weighted by atomic mass is 10.1. The molecule has 0 unspecified atom stereocenters. The Bertz CT molecular complexity index is 569. The second-order valence-electron chi connectivity index (χ2n) is 4.58. The highest BCUT2D eigenvalue weighted by Crippen LogP contribution is 2.08. The Morgan fingerprint density at radius 3 is 2.38 bits per heavy atom. The van der Waals surface area contributed by atoms with E-state index in [2.05, 4.69) is 9.97 Å². The van der Waals surface area contributed by atoms with E-state index in [1.807, 2.05) is 19.1 Å². The lowest BCUT2D eigenvalue weighted by Gasteiger charge is -2.16. The van der Waals surface area contributed by atoms with E-state index in [9.17, 15) is 4.79 Å². The van der Waals surface area contributed by atoms with Crippen LogP contribution in [-0.4, -0.2) is 27.8 Å². The van der Waals surface area contributed by atoms with Gasteiger partial charge < -0.3 is 15.6 Å². The van der Waals surface area contributed by atoms with E-state index in [4.69, 9.17) is 5.73 Å². The first-order valence-corrected chi connectivity index (χ1v) is 6.15. The van der Waals surface area contributed by atoms with Gasteiger partial charge >= 0.3 is 0 Å². The highest BCUT2D eigenvalue weighted by Gasteiger charge is 2.13. The fraction of sp³-hybridized carbons (Fsp3) is 0.286. The molecule has 1 aromatic heterocycles. The Balaban J connectivity index is 0.00000200. The zero-order chi connectivity index (χ0) is 13.8. The van der Waals surface area contributed by atoms with Crippen molar-refractivity contribution < 1.29 is 4.79 Å². The van der Waals surface area contributed by atoms with Gasteiger partial charge in [0.15, 0.2) is 0 Å². The smallest absolute Gasteiger partial charge is 0.253 e. The van der Waals surface area contributed by atoms with E-state index in [0.29, 0.717) is 18.7 Å². The van der Waals surface area contributed by atoms with E-state index in [0.717, 1.165) is 17.1 Å². The molecule has 2 aromatic rings. The number of halogens is 2. The van der Waals surface area contributed by atoms with Gasteiger partial charge in [0.2, 0.25) is 0 Å². The topological polar surface area (TPSA) is 75.0 Å². The second-order valence-corrected chi connectivity index (χ2v) is 4.58. The van der Waals surface area contributed by atoms with Crippen molar-refractivity contribution in [1.82, 2.24) is 14.9 Å². The zero-order valence-corrected chi connectivity index (χ0v) is 13.6. The monoisotopic (exact) mass is 330 g/mol. The number of carbonyl (C=O) groups excluding carboxylic acids is 1. The number of nitrogens with zero attached hydrogens (tertiary/aromatic N) is 2. The summed E-state index contributed by atoms with van der Waals surface area (Å²) in [6.07, 6.45) is 1.75. The fourth-order valence-electron chi connectivity index (χ4n) is 1.85. The number of hydrogen-bond donors (Lipinski definition) is 2. The highest BCUT2D eigenvalue weighted by atomic mass is 35.5. The lowest BCUT2D eigenvalue weighted by Crippen LogP contribution is -2.26. The molecule has 116 valence electrons. The summed E-state index contributed by atoms with van der Waals surface area (Å²) in [4.78, 5) is 21.1. The number of nitrogens with one attached hydrogen (secondary N) is 1. The van der Waals surface area contributed by atoms with Crippen LogP contribution in [0.1, 0.15) is 27.4 Å². The molecule has 1 heterocycles. The van der Waals surface area contributed by atoms with Crippen LogP contribution in [0, 0.1) is 6.92 Å². The number of benzene rings is 1. The van der Waals surface area contributed by atoms with E-state index in [1.165, 1.54) is 0 Å². The van der Waals surface area contributed by atoms with Gasteiger partial charge in [0.1, 0.15) is 5.82 Å². The molecule has 1 aromatic carbocycles. The number of carbonyl (C=O) groups is 1. The molecule has 0 atom stereocenters. The Morgan fingerprint density at radius 1 is 1.29 bits per heavy atom. The van der Waals surface area contributed by atoms with Gasteiger partial charge in [-0.3, -0.25) is 4.79 Å². The van der Waals surface area contributed by atoms with Crippen molar-refractivity contribution in [3.8, 4) is 0 Å². The largest absolute Gasteiger partial charge is 0.345 e. The van der Waals surface area contributed by atoms with Crippen LogP contribution in [0.4, 0.5) is 0 Å². The van der Waals surface area contributed by atoms with Crippen LogP contribution >= 0.6 is 24.8 Å². The van der Waals surface area contributed by atoms with Gasteiger partial charge in [-0.05, 0) is 24.6 Å².